The molecule has 5 nitrogen and oxygen atoms in total. The fourth-order valence-electron chi connectivity index (χ4n) is 0.420. The van der Waals surface area contributed by atoms with E-state index in [4.69, 9.17) is 10.2 Å². The van der Waals surface area contributed by atoms with Gasteiger partial charge in [-0.1, -0.05) is 6.08 Å². The number of hydrogen-bond acceptors (Lipinski definition) is 3. The molecule has 0 bridgehead atoms. The fourth-order valence-corrected chi connectivity index (χ4v) is 0.420. The maximum Gasteiger partial charge on any atom is 0.372 e. The topological polar surface area (TPSA) is 91.7 Å². The summed E-state index contributed by atoms with van der Waals surface area (Å²) in [5.74, 6) is -3.73. The highest BCUT2D eigenvalue weighted by Crippen LogP contribution is 1.95. The van der Waals surface area contributed by atoms with Gasteiger partial charge < -0.3 is 10.2 Å². The normalized spacial score (nSPS) is 10.9. The second-order valence-corrected chi connectivity index (χ2v) is 2.12. The molecule has 12 heavy (non-hydrogen) atoms. The highest BCUT2D eigenvalue weighted by Gasteiger charge is 2.09. The molecular formula is C7H8O5. The molecule has 0 aliphatic heterocycles. The van der Waals surface area contributed by atoms with Crippen LogP contribution in [0.2, 0.25) is 0 Å². The van der Waals surface area contributed by atoms with Crippen LogP contribution in [0.25, 0.3) is 0 Å². The van der Waals surface area contributed by atoms with Crippen LogP contribution in [0.5, 0.6) is 0 Å². The van der Waals surface area contributed by atoms with E-state index < -0.39 is 17.7 Å². The predicted octanol–water partition coefficient (Wildman–Crippen LogP) is 0.0611. The van der Waals surface area contributed by atoms with Crippen molar-refractivity contribution in [3.63, 3.8) is 0 Å². The minimum atomic E-state index is -1.55. The van der Waals surface area contributed by atoms with E-state index in [1.165, 1.54) is 6.92 Å². The summed E-state index contributed by atoms with van der Waals surface area (Å²) in [6, 6.07) is 0. The van der Waals surface area contributed by atoms with Gasteiger partial charge in [0.05, 0.1) is 0 Å². The highest BCUT2D eigenvalue weighted by atomic mass is 16.4. The van der Waals surface area contributed by atoms with Gasteiger partial charge in [0.1, 0.15) is 0 Å². The summed E-state index contributed by atoms with van der Waals surface area (Å²) in [7, 11) is 0. The van der Waals surface area contributed by atoms with E-state index in [2.05, 4.69) is 0 Å². The van der Waals surface area contributed by atoms with E-state index in [9.17, 15) is 14.4 Å². The van der Waals surface area contributed by atoms with Gasteiger partial charge >= 0.3 is 11.9 Å². The van der Waals surface area contributed by atoms with Gasteiger partial charge in [0.15, 0.2) is 0 Å². The van der Waals surface area contributed by atoms with Crippen LogP contribution in [0.3, 0.4) is 0 Å². The second-order valence-electron chi connectivity index (χ2n) is 2.12. The van der Waals surface area contributed by atoms with Crippen molar-refractivity contribution in [2.24, 2.45) is 0 Å². The number of carbonyl (C=O) groups is 3. The van der Waals surface area contributed by atoms with Gasteiger partial charge in [0, 0.05) is 12.0 Å². The van der Waals surface area contributed by atoms with Gasteiger partial charge in [-0.2, -0.15) is 0 Å². The number of carboxylic acid groups (broad SMARTS) is 2. The molecule has 0 saturated carbocycles. The van der Waals surface area contributed by atoms with Gasteiger partial charge in [-0.3, -0.25) is 4.79 Å². The fraction of sp³-hybridized carbons (Fsp3) is 0.286. The highest BCUT2D eigenvalue weighted by molar-refractivity contribution is 6.33. The van der Waals surface area contributed by atoms with Crippen LogP contribution < -0.4 is 0 Å². The zero-order chi connectivity index (χ0) is 9.72. The van der Waals surface area contributed by atoms with Gasteiger partial charge in [-0.15, -0.1) is 0 Å². The van der Waals surface area contributed by atoms with Crippen molar-refractivity contribution in [3.8, 4) is 0 Å². The monoisotopic (exact) mass is 172 g/mol. The summed E-state index contributed by atoms with van der Waals surface area (Å²) in [6.07, 6.45) is 0.687. The minimum absolute atomic E-state index is 0.0374. The lowest BCUT2D eigenvalue weighted by atomic mass is 10.2. The van der Waals surface area contributed by atoms with Gasteiger partial charge in [-0.05, 0) is 6.92 Å². The van der Waals surface area contributed by atoms with Crippen LogP contribution in [0.15, 0.2) is 11.6 Å². The zero-order valence-corrected chi connectivity index (χ0v) is 6.40. The number of carboxylic acids is 2. The molecule has 66 valence electrons. The molecule has 0 aliphatic rings. The van der Waals surface area contributed by atoms with Crippen LogP contribution in [-0.2, 0) is 14.4 Å². The van der Waals surface area contributed by atoms with Crippen LogP contribution in [-0.4, -0.2) is 27.9 Å². The number of hydrogen-bond donors (Lipinski definition) is 2. The van der Waals surface area contributed by atoms with Crippen molar-refractivity contribution in [1.82, 2.24) is 0 Å². The van der Waals surface area contributed by atoms with Crippen LogP contribution in [0, 0.1) is 0 Å². The SMILES string of the molecule is C/C(=C\CC(=O)C(=O)O)C(=O)O. The molecule has 0 aromatic rings. The summed E-state index contributed by atoms with van der Waals surface area (Å²) in [4.78, 5) is 30.5. The van der Waals surface area contributed by atoms with Crippen molar-refractivity contribution < 1.29 is 24.6 Å². The number of rotatable bonds is 4. The Kier molecular flexibility index (Phi) is 3.69. The van der Waals surface area contributed by atoms with Crippen LogP contribution in [0.1, 0.15) is 13.3 Å². The first-order chi connectivity index (χ1) is 5.45. The lowest BCUT2D eigenvalue weighted by Crippen LogP contribution is -2.11. The van der Waals surface area contributed by atoms with Crippen molar-refractivity contribution in [3.05, 3.63) is 11.6 Å². The van der Waals surface area contributed by atoms with E-state index in [0.717, 1.165) is 6.08 Å². The van der Waals surface area contributed by atoms with Crippen molar-refractivity contribution >= 4 is 17.7 Å². The molecule has 0 spiro atoms. The Morgan fingerprint density at radius 1 is 1.17 bits per heavy atom. The quantitative estimate of drug-likeness (QED) is 0.462. The maximum atomic E-state index is 10.4. The van der Waals surface area contributed by atoms with Gasteiger partial charge in [0.2, 0.25) is 5.78 Å². The van der Waals surface area contributed by atoms with E-state index in [1.807, 2.05) is 0 Å². The summed E-state index contributed by atoms with van der Waals surface area (Å²) in [5, 5.41) is 16.4. The molecule has 0 aliphatic carbocycles. The Morgan fingerprint density at radius 2 is 1.67 bits per heavy atom. The third-order valence-electron chi connectivity index (χ3n) is 1.17. The minimum Gasteiger partial charge on any atom is -0.478 e. The Bertz CT molecular complexity index is 251. The Balaban J connectivity index is 4.14. The molecule has 0 radical (unpaired) electrons. The summed E-state index contributed by atoms with van der Waals surface area (Å²) in [5.41, 5.74) is -0.0374. The molecule has 2 N–H and O–H groups in total. The Morgan fingerprint density at radius 3 is 2.00 bits per heavy atom. The smallest absolute Gasteiger partial charge is 0.372 e. The van der Waals surface area contributed by atoms with Gasteiger partial charge in [-0.25, -0.2) is 9.59 Å². The molecule has 0 unspecified atom stereocenters. The van der Waals surface area contributed by atoms with Crippen LogP contribution in [0.4, 0.5) is 0 Å². The number of allylic oxidation sites excluding steroid dienone is 1. The number of aliphatic carboxylic acids is 2. The van der Waals surface area contributed by atoms with Crippen molar-refractivity contribution in [2.45, 2.75) is 13.3 Å². The Labute approximate surface area is 68.3 Å². The molecule has 0 rings (SSSR count). The number of ketones is 1. The maximum absolute atomic E-state index is 10.4. The lowest BCUT2D eigenvalue weighted by molar-refractivity contribution is -0.148. The third kappa shape index (κ3) is 3.50. The molecule has 0 aromatic heterocycles. The van der Waals surface area contributed by atoms with Gasteiger partial charge in [0.25, 0.3) is 0 Å². The molecule has 5 heteroatoms. The van der Waals surface area contributed by atoms with Crippen LogP contribution >= 0.6 is 0 Å². The van der Waals surface area contributed by atoms with E-state index in [-0.39, 0.29) is 12.0 Å². The average molecular weight is 172 g/mol. The molecule has 0 aromatic carbocycles. The largest absolute Gasteiger partial charge is 0.478 e. The van der Waals surface area contributed by atoms with Crippen molar-refractivity contribution in [1.29, 1.82) is 0 Å². The standard InChI is InChI=1S/C7H8O5/c1-4(6(9)10)2-3-5(8)7(11)12/h2H,3H2,1H3,(H,9,10)(H,11,12)/b4-2+. The summed E-state index contributed by atoms with van der Waals surface area (Å²) in [6.45, 7) is 1.29. The first-order valence-electron chi connectivity index (χ1n) is 3.11. The third-order valence-corrected chi connectivity index (χ3v) is 1.17. The zero-order valence-electron chi connectivity index (χ0n) is 6.40. The Hall–Kier alpha value is -1.65. The first kappa shape index (κ1) is 10.3. The van der Waals surface area contributed by atoms with Crippen molar-refractivity contribution in [2.75, 3.05) is 0 Å². The predicted molar refractivity (Wildman–Crippen MR) is 38.7 cm³/mol. The first-order valence-corrected chi connectivity index (χ1v) is 3.11. The lowest BCUT2D eigenvalue weighted by Gasteiger charge is -1.91. The molecular weight excluding hydrogens is 164 g/mol. The second kappa shape index (κ2) is 4.27. The van der Waals surface area contributed by atoms with E-state index in [1.54, 1.807) is 0 Å². The number of carbonyl (C=O) groups excluding carboxylic acids is 1. The molecule has 0 amide bonds. The van der Waals surface area contributed by atoms with E-state index >= 15 is 0 Å². The molecule has 0 fully saturated rings. The van der Waals surface area contributed by atoms with E-state index in [0.29, 0.717) is 0 Å². The average Bonchev–Trinajstić information content (AvgIpc) is 1.98. The number of Topliss-reactive ketones (excluding diaryl/α,β-unsaturated/α-hetero) is 1. The molecule has 0 saturated heterocycles. The summed E-state index contributed by atoms with van der Waals surface area (Å²) >= 11 is 0. The molecule has 0 atom stereocenters. The molecule has 0 heterocycles. The summed E-state index contributed by atoms with van der Waals surface area (Å²) < 4.78 is 0.